The van der Waals surface area contributed by atoms with Crippen molar-refractivity contribution in [1.82, 2.24) is 19.0 Å². The zero-order valence-electron chi connectivity index (χ0n) is 27.4. The lowest BCUT2D eigenvalue weighted by Gasteiger charge is -2.40. The predicted molar refractivity (Wildman–Crippen MR) is 182 cm³/mol. The van der Waals surface area contributed by atoms with E-state index in [4.69, 9.17) is 0 Å². The molecule has 3 aromatic rings. The number of anilines is 1. The average Bonchev–Trinajstić information content (AvgIpc) is 3.59. The molecule has 9 nitrogen and oxygen atoms in total. The second-order valence-electron chi connectivity index (χ2n) is 13.3. The minimum Gasteiger partial charge on any atom is -0.313 e. The molecule has 0 saturated heterocycles. The minimum atomic E-state index is -3.72. The van der Waals surface area contributed by atoms with Crippen LogP contribution in [0.1, 0.15) is 120 Å². The van der Waals surface area contributed by atoms with Gasteiger partial charge in [0.05, 0.1) is 16.2 Å². The number of aromatic nitrogens is 2. The summed E-state index contributed by atoms with van der Waals surface area (Å²) in [6.45, 7) is 8.46. The van der Waals surface area contributed by atoms with Gasteiger partial charge in [0.2, 0.25) is 10.0 Å². The largest absolute Gasteiger partial charge is 0.313 e. The molecule has 248 valence electrons. The zero-order chi connectivity index (χ0) is 32.4. The van der Waals surface area contributed by atoms with Gasteiger partial charge in [-0.2, -0.15) is 9.40 Å². The van der Waals surface area contributed by atoms with Crippen LogP contribution in [0.25, 0.3) is 0 Å². The summed E-state index contributed by atoms with van der Waals surface area (Å²) in [5.74, 6) is -0.610. The first-order valence-electron chi connectivity index (χ1n) is 17.1. The highest BCUT2D eigenvalue weighted by atomic mass is 32.2. The van der Waals surface area contributed by atoms with Crippen molar-refractivity contribution in [2.75, 3.05) is 18.4 Å². The Bertz CT molecular complexity index is 1650. The van der Waals surface area contributed by atoms with E-state index in [0.717, 1.165) is 119 Å². The van der Waals surface area contributed by atoms with Gasteiger partial charge in [-0.15, -0.1) is 11.3 Å². The van der Waals surface area contributed by atoms with Gasteiger partial charge in [-0.05, 0) is 94.8 Å². The van der Waals surface area contributed by atoms with Crippen LogP contribution in [-0.4, -0.2) is 64.4 Å². The van der Waals surface area contributed by atoms with Crippen LogP contribution in [0.15, 0.2) is 35.2 Å². The number of thiophene rings is 1. The van der Waals surface area contributed by atoms with Crippen molar-refractivity contribution in [3.05, 3.63) is 63.3 Å². The number of hydrogen-bond donors (Lipinski definition) is 1. The van der Waals surface area contributed by atoms with Crippen molar-refractivity contribution in [3.63, 3.8) is 0 Å². The Kier molecular flexibility index (Phi) is 10.1. The molecule has 1 aliphatic heterocycles. The van der Waals surface area contributed by atoms with E-state index in [-0.39, 0.29) is 28.8 Å². The smallest absolute Gasteiger partial charge is 0.281 e. The molecule has 6 rings (SSSR count). The SMILES string of the molecule is CCCN1CCc2c(sc(NC(=O)c3ccc(S(=O)(=O)N(C4CCCCC4)C4CCCCC4)cc3)c2C(=O)n2nc(C)cc2C)C1. The van der Waals surface area contributed by atoms with E-state index in [0.29, 0.717) is 16.1 Å². The maximum absolute atomic E-state index is 14.1. The first kappa shape index (κ1) is 33.1. The first-order chi connectivity index (χ1) is 22.2. The normalized spacial score (nSPS) is 18.5. The number of nitrogens with zero attached hydrogens (tertiary/aromatic N) is 4. The van der Waals surface area contributed by atoms with Crippen LogP contribution < -0.4 is 5.32 Å². The molecule has 0 spiro atoms. The van der Waals surface area contributed by atoms with Crippen LogP contribution in [-0.2, 0) is 23.0 Å². The lowest BCUT2D eigenvalue weighted by Crippen LogP contribution is -2.48. The number of aryl methyl sites for hydroxylation is 2. The summed E-state index contributed by atoms with van der Waals surface area (Å²) in [4.78, 5) is 31.3. The van der Waals surface area contributed by atoms with Gasteiger partial charge in [-0.1, -0.05) is 45.4 Å². The number of fused-ring (bicyclic) bond motifs is 1. The fourth-order valence-corrected chi connectivity index (χ4v) is 10.9. The van der Waals surface area contributed by atoms with E-state index in [9.17, 15) is 18.0 Å². The monoisotopic (exact) mass is 665 g/mol. The van der Waals surface area contributed by atoms with Crippen molar-refractivity contribution in [3.8, 4) is 0 Å². The van der Waals surface area contributed by atoms with Crippen LogP contribution in [0.4, 0.5) is 5.00 Å². The highest BCUT2D eigenvalue weighted by Crippen LogP contribution is 2.39. The molecule has 0 radical (unpaired) electrons. The molecule has 1 amide bonds. The van der Waals surface area contributed by atoms with Gasteiger partial charge >= 0.3 is 0 Å². The first-order valence-corrected chi connectivity index (χ1v) is 19.3. The molecule has 2 aliphatic carbocycles. The van der Waals surface area contributed by atoms with Gasteiger partial charge in [0.1, 0.15) is 5.00 Å². The molecule has 3 aliphatic rings. The number of hydrogen-bond acceptors (Lipinski definition) is 7. The van der Waals surface area contributed by atoms with Crippen molar-refractivity contribution in [2.45, 2.75) is 121 Å². The van der Waals surface area contributed by atoms with Crippen molar-refractivity contribution in [2.24, 2.45) is 0 Å². The summed E-state index contributed by atoms with van der Waals surface area (Å²) < 4.78 is 31.6. The van der Waals surface area contributed by atoms with Crippen molar-refractivity contribution in [1.29, 1.82) is 0 Å². The van der Waals surface area contributed by atoms with E-state index < -0.39 is 10.0 Å². The van der Waals surface area contributed by atoms with Crippen LogP contribution in [0, 0.1) is 13.8 Å². The van der Waals surface area contributed by atoms with Crippen molar-refractivity contribution >= 4 is 38.2 Å². The summed E-state index contributed by atoms with van der Waals surface area (Å²) in [5.41, 5.74) is 3.35. The second kappa shape index (κ2) is 14.1. The highest BCUT2D eigenvalue weighted by Gasteiger charge is 2.38. The molecular weight excluding hydrogens is 619 g/mol. The zero-order valence-corrected chi connectivity index (χ0v) is 29.0. The van der Waals surface area contributed by atoms with Gasteiger partial charge in [-0.25, -0.2) is 13.1 Å². The molecule has 2 aromatic heterocycles. The van der Waals surface area contributed by atoms with Crippen LogP contribution in [0.5, 0.6) is 0 Å². The van der Waals surface area contributed by atoms with E-state index in [1.807, 2.05) is 24.2 Å². The molecule has 1 aromatic carbocycles. The number of benzene rings is 1. The molecule has 0 bridgehead atoms. The molecule has 0 atom stereocenters. The lowest BCUT2D eigenvalue weighted by atomic mass is 9.91. The molecular formula is C35H47N5O4S2. The molecule has 2 fully saturated rings. The molecule has 3 heterocycles. The van der Waals surface area contributed by atoms with Gasteiger partial charge < -0.3 is 5.32 Å². The standard InChI is InChI=1S/C35H47N5O4S2/c1-4-20-38-21-19-30-31(23-38)45-34(32(30)35(42)39-25(3)22-24(2)37-39)36-33(41)26-15-17-29(18-16-26)46(43,44)40(27-11-7-5-8-12-27)28-13-9-6-10-14-28/h15-18,22,27-28H,4-14,19-21,23H2,1-3H3,(H,36,41). The van der Waals surface area contributed by atoms with Gasteiger partial charge in [0, 0.05) is 41.3 Å². The summed E-state index contributed by atoms with van der Waals surface area (Å²) >= 11 is 1.45. The Morgan fingerprint density at radius 2 is 1.61 bits per heavy atom. The third kappa shape index (κ3) is 6.74. The number of sulfonamides is 1. The Hall–Kier alpha value is -2.86. The maximum atomic E-state index is 14.1. The summed E-state index contributed by atoms with van der Waals surface area (Å²) in [5, 5.41) is 7.99. The Morgan fingerprint density at radius 3 is 2.17 bits per heavy atom. The van der Waals surface area contributed by atoms with Gasteiger partial charge in [0.25, 0.3) is 11.8 Å². The molecule has 1 N–H and O–H groups in total. The Balaban J connectivity index is 1.27. The number of rotatable bonds is 9. The third-order valence-corrected chi connectivity index (χ3v) is 13.0. The Morgan fingerprint density at radius 1 is 0.978 bits per heavy atom. The maximum Gasteiger partial charge on any atom is 0.281 e. The summed E-state index contributed by atoms with van der Waals surface area (Å²) in [6.07, 6.45) is 12.0. The van der Waals surface area contributed by atoms with Crippen LogP contribution >= 0.6 is 11.3 Å². The fraction of sp³-hybridized carbons (Fsp3) is 0.571. The molecule has 11 heteroatoms. The number of nitrogens with one attached hydrogen (secondary N) is 1. The quantitative estimate of drug-likeness (QED) is 0.266. The highest BCUT2D eigenvalue weighted by molar-refractivity contribution is 7.89. The molecule has 46 heavy (non-hydrogen) atoms. The number of carbonyl (C=O) groups excluding carboxylic acids is 2. The van der Waals surface area contributed by atoms with Crippen molar-refractivity contribution < 1.29 is 18.0 Å². The molecule has 0 unspecified atom stereocenters. The van der Waals surface area contributed by atoms with Crippen LogP contribution in [0.3, 0.4) is 0 Å². The second-order valence-corrected chi connectivity index (χ2v) is 16.2. The summed E-state index contributed by atoms with van der Waals surface area (Å²) in [6, 6.07) is 8.31. The topological polar surface area (TPSA) is 105 Å². The van der Waals surface area contributed by atoms with Gasteiger partial charge in [0.15, 0.2) is 0 Å². The molecule has 2 saturated carbocycles. The van der Waals surface area contributed by atoms with Crippen LogP contribution in [0.2, 0.25) is 0 Å². The van der Waals surface area contributed by atoms with E-state index in [1.54, 1.807) is 24.3 Å². The minimum absolute atomic E-state index is 0.0427. The van der Waals surface area contributed by atoms with E-state index in [1.165, 1.54) is 16.0 Å². The third-order valence-electron chi connectivity index (χ3n) is 9.88. The fourth-order valence-electron chi connectivity index (χ4n) is 7.66. The predicted octanol–water partition coefficient (Wildman–Crippen LogP) is 6.93. The van der Waals surface area contributed by atoms with Gasteiger partial charge in [-0.3, -0.25) is 14.5 Å². The lowest BCUT2D eigenvalue weighted by molar-refractivity contribution is 0.0942. The van der Waals surface area contributed by atoms with E-state index >= 15 is 0 Å². The van der Waals surface area contributed by atoms with E-state index in [2.05, 4.69) is 22.2 Å². The number of amides is 1. The number of carbonyl (C=O) groups is 2. The summed E-state index contributed by atoms with van der Waals surface area (Å²) in [7, 11) is -3.72. The average molecular weight is 666 g/mol. The Labute approximate surface area is 277 Å².